The molecule has 108 valence electrons. The van der Waals surface area contributed by atoms with Gasteiger partial charge in [0, 0.05) is 4.47 Å². The van der Waals surface area contributed by atoms with Gasteiger partial charge in [0.1, 0.15) is 0 Å². The first kappa shape index (κ1) is 16.4. The van der Waals surface area contributed by atoms with Crippen LogP contribution >= 0.6 is 15.9 Å². The molecule has 0 amide bonds. The van der Waals surface area contributed by atoms with Gasteiger partial charge in [-0.2, -0.15) is 0 Å². The van der Waals surface area contributed by atoms with E-state index in [4.69, 9.17) is 5.14 Å². The molecule has 0 spiro atoms. The van der Waals surface area contributed by atoms with Crippen LogP contribution in [0.25, 0.3) is 0 Å². The predicted molar refractivity (Wildman–Crippen MR) is 77.8 cm³/mol. The summed E-state index contributed by atoms with van der Waals surface area (Å²) in [4.78, 5) is -0.0915. The van der Waals surface area contributed by atoms with E-state index in [-0.39, 0.29) is 22.3 Å². The molecular formula is C10H15BrN2O4S2. The average molecular weight is 371 g/mol. The van der Waals surface area contributed by atoms with Gasteiger partial charge in [0.25, 0.3) is 0 Å². The molecule has 0 atom stereocenters. The summed E-state index contributed by atoms with van der Waals surface area (Å²) >= 11 is 3.11. The number of primary sulfonamides is 1. The van der Waals surface area contributed by atoms with Crippen LogP contribution in [0.4, 0.5) is 5.69 Å². The number of benzene rings is 1. The zero-order valence-electron chi connectivity index (χ0n) is 10.4. The van der Waals surface area contributed by atoms with E-state index >= 15 is 0 Å². The lowest BCUT2D eigenvalue weighted by atomic mass is 10.3. The Morgan fingerprint density at radius 3 is 2.26 bits per heavy atom. The monoisotopic (exact) mass is 370 g/mol. The molecule has 0 fully saturated rings. The Hall–Kier alpha value is -0.640. The lowest BCUT2D eigenvalue weighted by Crippen LogP contribution is -2.20. The van der Waals surface area contributed by atoms with E-state index < -0.39 is 20.0 Å². The minimum absolute atomic E-state index is 0.0139. The highest BCUT2D eigenvalue weighted by Crippen LogP contribution is 2.26. The third kappa shape index (κ3) is 5.09. The summed E-state index contributed by atoms with van der Waals surface area (Å²) < 4.78 is 48.5. The quantitative estimate of drug-likeness (QED) is 0.818. The molecule has 1 aromatic carbocycles. The zero-order valence-corrected chi connectivity index (χ0v) is 13.6. The van der Waals surface area contributed by atoms with Crippen molar-refractivity contribution in [1.82, 2.24) is 0 Å². The number of sulfonamides is 2. The topological polar surface area (TPSA) is 106 Å². The van der Waals surface area contributed by atoms with Gasteiger partial charge in [-0.15, -0.1) is 0 Å². The summed E-state index contributed by atoms with van der Waals surface area (Å²) in [6, 6.07) is 3.84. The van der Waals surface area contributed by atoms with E-state index in [0.717, 1.165) is 0 Å². The highest BCUT2D eigenvalue weighted by Gasteiger charge is 2.16. The Morgan fingerprint density at radius 1 is 1.26 bits per heavy atom. The summed E-state index contributed by atoms with van der Waals surface area (Å²) in [5.41, 5.74) is 0.271. The van der Waals surface area contributed by atoms with Crippen LogP contribution < -0.4 is 9.86 Å². The fourth-order valence-electron chi connectivity index (χ4n) is 1.40. The molecule has 0 saturated carbocycles. The lowest BCUT2D eigenvalue weighted by Gasteiger charge is -2.12. The molecule has 3 N–H and O–H groups in total. The molecule has 0 unspecified atom stereocenters. The van der Waals surface area contributed by atoms with Crippen LogP contribution in [0.3, 0.4) is 0 Å². The van der Waals surface area contributed by atoms with Crippen LogP contribution in [-0.4, -0.2) is 22.6 Å². The van der Waals surface area contributed by atoms with Crippen molar-refractivity contribution in [3.63, 3.8) is 0 Å². The van der Waals surface area contributed by atoms with E-state index in [9.17, 15) is 16.8 Å². The number of hydrogen-bond acceptors (Lipinski definition) is 4. The Morgan fingerprint density at radius 2 is 1.84 bits per heavy atom. The first-order chi connectivity index (χ1) is 8.51. The van der Waals surface area contributed by atoms with Crippen molar-refractivity contribution in [3.8, 4) is 0 Å². The molecule has 9 heteroatoms. The van der Waals surface area contributed by atoms with E-state index in [1.807, 2.05) is 0 Å². The highest BCUT2D eigenvalue weighted by atomic mass is 79.9. The third-order valence-electron chi connectivity index (χ3n) is 2.09. The van der Waals surface area contributed by atoms with Crippen molar-refractivity contribution in [2.24, 2.45) is 11.1 Å². The predicted octanol–water partition coefficient (Wildman–Crippen LogP) is 1.49. The number of rotatable bonds is 5. The molecule has 0 saturated heterocycles. The maximum atomic E-state index is 11.8. The van der Waals surface area contributed by atoms with E-state index in [0.29, 0.717) is 4.47 Å². The van der Waals surface area contributed by atoms with Crippen LogP contribution in [0, 0.1) is 5.92 Å². The molecule has 0 aromatic heterocycles. The minimum Gasteiger partial charge on any atom is -0.282 e. The molecule has 0 aliphatic heterocycles. The summed E-state index contributed by atoms with van der Waals surface area (Å²) in [7, 11) is -7.28. The molecule has 0 aliphatic carbocycles. The second-order valence-electron chi connectivity index (χ2n) is 4.46. The molecular weight excluding hydrogens is 356 g/mol. The highest BCUT2D eigenvalue weighted by molar-refractivity contribution is 9.10. The van der Waals surface area contributed by atoms with Crippen LogP contribution in [0.1, 0.15) is 13.8 Å². The Labute approximate surface area is 121 Å². The average Bonchev–Trinajstić information content (AvgIpc) is 2.16. The zero-order chi connectivity index (χ0) is 14.8. The van der Waals surface area contributed by atoms with Crippen molar-refractivity contribution >= 4 is 41.7 Å². The van der Waals surface area contributed by atoms with Crippen LogP contribution in [0.15, 0.2) is 27.6 Å². The van der Waals surface area contributed by atoms with E-state index in [1.165, 1.54) is 18.2 Å². The number of nitrogens with one attached hydrogen (secondary N) is 1. The van der Waals surface area contributed by atoms with E-state index in [2.05, 4.69) is 20.7 Å². The SMILES string of the molecule is CC(C)CS(=O)(=O)Nc1ccc(S(N)(=O)=O)cc1Br. The van der Waals surface area contributed by atoms with Gasteiger partial charge >= 0.3 is 0 Å². The van der Waals surface area contributed by atoms with Gasteiger partial charge < -0.3 is 0 Å². The largest absolute Gasteiger partial charge is 0.282 e. The van der Waals surface area contributed by atoms with Crippen LogP contribution in [0.5, 0.6) is 0 Å². The first-order valence-electron chi connectivity index (χ1n) is 5.34. The number of anilines is 1. The second kappa shape index (κ2) is 5.78. The summed E-state index contributed by atoms with van der Waals surface area (Å²) in [6.07, 6.45) is 0. The van der Waals surface area contributed by atoms with Crippen molar-refractivity contribution < 1.29 is 16.8 Å². The standard InChI is InChI=1S/C10H15BrN2O4S2/c1-7(2)6-18(14,15)13-10-4-3-8(5-9(10)11)19(12,16)17/h3-5,7,13H,6H2,1-2H3,(H2,12,16,17). The third-order valence-corrected chi connectivity index (χ3v) is 5.29. The normalized spacial score (nSPS) is 12.7. The molecule has 1 rings (SSSR count). The van der Waals surface area contributed by atoms with Gasteiger partial charge in [-0.1, -0.05) is 13.8 Å². The first-order valence-corrected chi connectivity index (χ1v) is 9.33. The van der Waals surface area contributed by atoms with Gasteiger partial charge in [0.2, 0.25) is 20.0 Å². The summed E-state index contributed by atoms with van der Waals surface area (Å²) in [6.45, 7) is 3.58. The molecule has 0 heterocycles. The van der Waals surface area contributed by atoms with Crippen LogP contribution in [0.2, 0.25) is 0 Å². The lowest BCUT2D eigenvalue weighted by molar-refractivity contribution is 0.587. The number of halogens is 1. The van der Waals surface area contributed by atoms with Crippen LogP contribution in [-0.2, 0) is 20.0 Å². The van der Waals surface area contributed by atoms with Crippen molar-refractivity contribution in [2.75, 3.05) is 10.5 Å². The molecule has 0 radical (unpaired) electrons. The van der Waals surface area contributed by atoms with Gasteiger partial charge in [0.15, 0.2) is 0 Å². The van der Waals surface area contributed by atoms with E-state index in [1.54, 1.807) is 13.8 Å². The molecule has 0 bridgehead atoms. The summed E-state index contributed by atoms with van der Waals surface area (Å²) in [5, 5.41) is 4.98. The maximum Gasteiger partial charge on any atom is 0.238 e. The fourth-order valence-corrected chi connectivity index (χ4v) is 4.18. The Kier molecular flexibility index (Phi) is 4.99. The van der Waals surface area contributed by atoms with Gasteiger partial charge in [-0.05, 0) is 40.0 Å². The maximum absolute atomic E-state index is 11.8. The molecule has 0 aliphatic rings. The van der Waals surface area contributed by atoms with Crippen molar-refractivity contribution in [3.05, 3.63) is 22.7 Å². The van der Waals surface area contributed by atoms with Crippen molar-refractivity contribution in [2.45, 2.75) is 18.7 Å². The minimum atomic E-state index is -3.81. The Bertz CT molecular complexity index is 669. The number of nitrogens with two attached hydrogens (primary N) is 1. The fraction of sp³-hybridized carbons (Fsp3) is 0.400. The summed E-state index contributed by atoms with van der Waals surface area (Å²) in [5.74, 6) is -0.0314. The molecule has 6 nitrogen and oxygen atoms in total. The Balaban J connectivity index is 3.06. The molecule has 19 heavy (non-hydrogen) atoms. The van der Waals surface area contributed by atoms with Gasteiger partial charge in [0.05, 0.1) is 16.3 Å². The van der Waals surface area contributed by atoms with Crippen molar-refractivity contribution in [1.29, 1.82) is 0 Å². The molecule has 1 aromatic rings. The number of hydrogen-bond donors (Lipinski definition) is 2. The second-order valence-corrected chi connectivity index (χ2v) is 8.65. The van der Waals surface area contributed by atoms with Gasteiger partial charge in [-0.3, -0.25) is 4.72 Å². The van der Waals surface area contributed by atoms with Gasteiger partial charge in [-0.25, -0.2) is 22.0 Å². The smallest absolute Gasteiger partial charge is 0.238 e.